The van der Waals surface area contributed by atoms with E-state index in [1.165, 1.54) is 19.1 Å². The molecule has 2 rings (SSSR count). The van der Waals surface area contributed by atoms with Gasteiger partial charge >= 0.3 is 18.1 Å². The predicted molar refractivity (Wildman–Crippen MR) is 79.7 cm³/mol. The fourth-order valence-corrected chi connectivity index (χ4v) is 2.29. The summed E-state index contributed by atoms with van der Waals surface area (Å²) in [6, 6.07) is 4.62. The molecule has 4 nitrogen and oxygen atoms in total. The summed E-state index contributed by atoms with van der Waals surface area (Å²) in [5, 5.41) is 0. The first-order valence-electron chi connectivity index (χ1n) is 7.24. The second kappa shape index (κ2) is 6.30. The minimum absolute atomic E-state index is 0.139. The smallest absolute Gasteiger partial charge is 0.416 e. The Morgan fingerprint density at radius 2 is 2.04 bits per heavy atom. The summed E-state index contributed by atoms with van der Waals surface area (Å²) in [5.74, 6) is -1.43. The Morgan fingerprint density at radius 1 is 1.38 bits per heavy atom. The summed E-state index contributed by atoms with van der Waals surface area (Å²) < 4.78 is 48.2. The highest BCUT2D eigenvalue weighted by Crippen LogP contribution is 2.32. The second-order valence-corrected chi connectivity index (χ2v) is 6.32. The molecule has 130 valence electrons. The van der Waals surface area contributed by atoms with Gasteiger partial charge in [-0.3, -0.25) is 0 Å². The van der Waals surface area contributed by atoms with Crippen LogP contribution >= 0.6 is 0 Å². The van der Waals surface area contributed by atoms with Gasteiger partial charge in [-0.05, 0) is 30.2 Å². The SMILES string of the molecule is CC(=CC(=O)OC1C(=O)OCC1(C)C)c1cccc(C(F)(F)F)c1. The van der Waals surface area contributed by atoms with Crippen LogP contribution in [0, 0.1) is 5.41 Å². The highest BCUT2D eigenvalue weighted by molar-refractivity contribution is 5.93. The number of rotatable bonds is 3. The van der Waals surface area contributed by atoms with Gasteiger partial charge in [0.05, 0.1) is 5.56 Å². The van der Waals surface area contributed by atoms with Crippen molar-refractivity contribution in [2.45, 2.75) is 33.1 Å². The number of halogens is 3. The Labute approximate surface area is 137 Å². The molecule has 1 fully saturated rings. The molecule has 0 N–H and O–H groups in total. The minimum atomic E-state index is -4.46. The molecular formula is C17H17F3O4. The number of allylic oxidation sites excluding steroid dienone is 1. The summed E-state index contributed by atoms with van der Waals surface area (Å²) in [7, 11) is 0. The van der Waals surface area contributed by atoms with E-state index in [4.69, 9.17) is 9.47 Å². The molecule has 1 aliphatic rings. The molecule has 0 radical (unpaired) electrons. The molecule has 0 aliphatic carbocycles. The number of carbonyl (C=O) groups excluding carboxylic acids is 2. The Morgan fingerprint density at radius 3 is 2.58 bits per heavy atom. The van der Waals surface area contributed by atoms with E-state index in [9.17, 15) is 22.8 Å². The molecule has 1 aromatic carbocycles. The standard InChI is InChI=1S/C17H17F3O4/c1-10(11-5-4-6-12(8-11)17(18,19)20)7-13(21)24-14-15(22)23-9-16(14,2)3/h4-8,14H,9H2,1-3H3. The molecule has 1 atom stereocenters. The van der Waals surface area contributed by atoms with E-state index in [2.05, 4.69) is 0 Å². The van der Waals surface area contributed by atoms with Gasteiger partial charge in [0.25, 0.3) is 0 Å². The zero-order valence-electron chi connectivity index (χ0n) is 13.4. The van der Waals surface area contributed by atoms with E-state index in [1.54, 1.807) is 13.8 Å². The van der Waals surface area contributed by atoms with Gasteiger partial charge < -0.3 is 9.47 Å². The lowest BCUT2D eigenvalue weighted by molar-refractivity contribution is -0.159. The lowest BCUT2D eigenvalue weighted by Crippen LogP contribution is -2.34. The van der Waals surface area contributed by atoms with Crippen LogP contribution < -0.4 is 0 Å². The van der Waals surface area contributed by atoms with Crippen molar-refractivity contribution in [3.8, 4) is 0 Å². The molecule has 1 aliphatic heterocycles. The summed E-state index contributed by atoms with van der Waals surface area (Å²) in [5.41, 5.74) is -0.906. The third-order valence-electron chi connectivity index (χ3n) is 3.72. The summed E-state index contributed by atoms with van der Waals surface area (Å²) in [6.45, 7) is 5.08. The molecule has 0 spiro atoms. The fourth-order valence-electron chi connectivity index (χ4n) is 2.29. The Kier molecular flexibility index (Phi) is 4.73. The highest BCUT2D eigenvalue weighted by atomic mass is 19.4. The zero-order valence-corrected chi connectivity index (χ0v) is 13.4. The van der Waals surface area contributed by atoms with Crippen molar-refractivity contribution in [2.75, 3.05) is 6.61 Å². The van der Waals surface area contributed by atoms with Crippen LogP contribution in [-0.2, 0) is 25.2 Å². The van der Waals surface area contributed by atoms with Crippen molar-refractivity contribution in [3.05, 3.63) is 41.5 Å². The predicted octanol–water partition coefficient (Wildman–Crippen LogP) is 3.60. The van der Waals surface area contributed by atoms with Gasteiger partial charge in [-0.25, -0.2) is 9.59 Å². The van der Waals surface area contributed by atoms with Crippen molar-refractivity contribution in [1.82, 2.24) is 0 Å². The van der Waals surface area contributed by atoms with E-state index in [0.717, 1.165) is 18.2 Å². The van der Waals surface area contributed by atoms with Crippen molar-refractivity contribution >= 4 is 17.5 Å². The lowest BCUT2D eigenvalue weighted by atomic mass is 9.90. The number of hydrogen-bond donors (Lipinski definition) is 0. The summed E-state index contributed by atoms with van der Waals surface area (Å²) in [4.78, 5) is 23.6. The number of ether oxygens (including phenoxy) is 2. The third-order valence-corrected chi connectivity index (χ3v) is 3.72. The van der Waals surface area contributed by atoms with Gasteiger partial charge in [0.15, 0.2) is 0 Å². The number of alkyl halides is 3. The Balaban J connectivity index is 2.16. The minimum Gasteiger partial charge on any atom is -0.462 e. The molecule has 0 bridgehead atoms. The number of hydrogen-bond acceptors (Lipinski definition) is 4. The number of cyclic esters (lactones) is 1. The molecule has 1 unspecified atom stereocenters. The van der Waals surface area contributed by atoms with Gasteiger partial charge in [0.1, 0.15) is 6.61 Å². The first-order valence-corrected chi connectivity index (χ1v) is 7.24. The first kappa shape index (κ1) is 18.0. The third kappa shape index (κ3) is 3.96. The van der Waals surface area contributed by atoms with E-state index >= 15 is 0 Å². The van der Waals surface area contributed by atoms with Crippen LogP contribution in [0.25, 0.3) is 5.57 Å². The number of benzene rings is 1. The Bertz CT molecular complexity index is 689. The molecule has 24 heavy (non-hydrogen) atoms. The van der Waals surface area contributed by atoms with Crippen LogP contribution in [0.2, 0.25) is 0 Å². The lowest BCUT2D eigenvalue weighted by Gasteiger charge is -2.21. The maximum absolute atomic E-state index is 12.7. The van der Waals surface area contributed by atoms with Crippen molar-refractivity contribution in [2.24, 2.45) is 5.41 Å². The van der Waals surface area contributed by atoms with E-state index in [1.807, 2.05) is 0 Å². The van der Waals surface area contributed by atoms with Gasteiger partial charge in [-0.1, -0.05) is 26.0 Å². The van der Waals surface area contributed by atoms with E-state index in [0.29, 0.717) is 5.57 Å². The first-order chi connectivity index (χ1) is 11.0. The van der Waals surface area contributed by atoms with Crippen molar-refractivity contribution in [1.29, 1.82) is 0 Å². The van der Waals surface area contributed by atoms with Gasteiger partial charge in [0, 0.05) is 11.5 Å². The summed E-state index contributed by atoms with van der Waals surface area (Å²) >= 11 is 0. The van der Waals surface area contributed by atoms with Crippen LogP contribution in [0.5, 0.6) is 0 Å². The van der Waals surface area contributed by atoms with Crippen molar-refractivity contribution < 1.29 is 32.2 Å². The average molecular weight is 342 g/mol. The monoisotopic (exact) mass is 342 g/mol. The summed E-state index contributed by atoms with van der Waals surface area (Å²) in [6.07, 6.45) is -4.43. The van der Waals surface area contributed by atoms with Crippen LogP contribution in [0.1, 0.15) is 31.9 Å². The quantitative estimate of drug-likeness (QED) is 0.622. The normalized spacial score (nSPS) is 20.7. The van der Waals surface area contributed by atoms with Gasteiger partial charge in [0.2, 0.25) is 6.10 Å². The average Bonchev–Trinajstić information content (AvgIpc) is 2.73. The van der Waals surface area contributed by atoms with Gasteiger partial charge in [-0.15, -0.1) is 0 Å². The molecule has 0 aromatic heterocycles. The maximum atomic E-state index is 12.7. The fraction of sp³-hybridized carbons (Fsp3) is 0.412. The van der Waals surface area contributed by atoms with Crippen LogP contribution in [0.3, 0.4) is 0 Å². The zero-order chi connectivity index (χ0) is 18.1. The molecule has 7 heteroatoms. The van der Waals surface area contributed by atoms with Crippen molar-refractivity contribution in [3.63, 3.8) is 0 Å². The van der Waals surface area contributed by atoms with Crippen LogP contribution in [-0.4, -0.2) is 24.6 Å². The van der Waals surface area contributed by atoms with Crippen LogP contribution in [0.4, 0.5) is 13.2 Å². The number of esters is 2. The molecule has 1 heterocycles. The van der Waals surface area contributed by atoms with Gasteiger partial charge in [-0.2, -0.15) is 13.2 Å². The topological polar surface area (TPSA) is 52.6 Å². The molecule has 0 amide bonds. The molecular weight excluding hydrogens is 325 g/mol. The molecule has 1 aromatic rings. The Hall–Kier alpha value is -2.31. The van der Waals surface area contributed by atoms with E-state index in [-0.39, 0.29) is 12.2 Å². The maximum Gasteiger partial charge on any atom is 0.416 e. The number of carbonyl (C=O) groups is 2. The van der Waals surface area contributed by atoms with Crippen LogP contribution in [0.15, 0.2) is 30.3 Å². The largest absolute Gasteiger partial charge is 0.462 e. The van der Waals surface area contributed by atoms with E-state index < -0.39 is 35.2 Å². The molecule has 0 saturated carbocycles. The second-order valence-electron chi connectivity index (χ2n) is 6.32. The molecule has 1 saturated heterocycles. The highest BCUT2D eigenvalue weighted by Gasteiger charge is 2.46.